The minimum Gasteiger partial charge on any atom is -0.481 e. The fourth-order valence-electron chi connectivity index (χ4n) is 5.17. The third-order valence-electron chi connectivity index (χ3n) is 7.37. The van der Waals surface area contributed by atoms with Crippen molar-refractivity contribution in [2.24, 2.45) is 5.92 Å². The van der Waals surface area contributed by atoms with Gasteiger partial charge in [-0.05, 0) is 44.6 Å². The second-order valence-corrected chi connectivity index (χ2v) is 9.68. The number of H-pyrrole nitrogens is 1. The summed E-state index contributed by atoms with van der Waals surface area (Å²) >= 11 is 0. The molecule has 0 unspecified atom stereocenters. The largest absolute Gasteiger partial charge is 0.481 e. The monoisotopic (exact) mass is 472 g/mol. The normalized spacial score (nSPS) is 27.9. The zero-order valence-corrected chi connectivity index (χ0v) is 19.1. The molecule has 5 rings (SSSR count). The third kappa shape index (κ3) is 4.48. The molecule has 182 valence electrons. The third-order valence-corrected chi connectivity index (χ3v) is 7.37. The van der Waals surface area contributed by atoms with Crippen molar-refractivity contribution in [2.45, 2.75) is 68.8 Å². The summed E-state index contributed by atoms with van der Waals surface area (Å²) in [5.74, 6) is -2.07. The van der Waals surface area contributed by atoms with Crippen LogP contribution in [-0.4, -0.2) is 73.1 Å². The molecule has 3 aliphatic rings. The summed E-state index contributed by atoms with van der Waals surface area (Å²) in [6.07, 6.45) is 5.25. The van der Waals surface area contributed by atoms with Crippen LogP contribution >= 0.6 is 0 Å². The van der Waals surface area contributed by atoms with Crippen molar-refractivity contribution in [3.05, 3.63) is 24.2 Å². The zero-order valence-electron chi connectivity index (χ0n) is 19.1. The van der Waals surface area contributed by atoms with Crippen LogP contribution in [0, 0.1) is 5.92 Å². The van der Waals surface area contributed by atoms with E-state index in [4.69, 9.17) is 4.74 Å². The molecule has 0 bridgehead atoms. The fourth-order valence-corrected chi connectivity index (χ4v) is 5.17. The summed E-state index contributed by atoms with van der Waals surface area (Å²) < 4.78 is 18.8. The first-order chi connectivity index (χ1) is 16.3. The van der Waals surface area contributed by atoms with Crippen LogP contribution in [0.1, 0.15) is 61.9 Å². The van der Waals surface area contributed by atoms with Crippen LogP contribution in [-0.2, 0) is 4.79 Å². The van der Waals surface area contributed by atoms with E-state index in [1.807, 2.05) is 4.90 Å². The number of piperidine rings is 1. The summed E-state index contributed by atoms with van der Waals surface area (Å²) in [7, 11) is 1.52. The minimum absolute atomic E-state index is 0.0348. The fraction of sp³-hybridized carbons (Fsp3) is 0.609. The molecule has 34 heavy (non-hydrogen) atoms. The number of aromatic nitrogens is 4. The van der Waals surface area contributed by atoms with Crippen LogP contribution in [0.5, 0.6) is 5.88 Å². The number of aliphatic hydroxyl groups is 1. The molecule has 2 aliphatic carbocycles. The van der Waals surface area contributed by atoms with Crippen LogP contribution in [0.25, 0.3) is 11.4 Å². The first kappa shape index (κ1) is 22.7. The van der Waals surface area contributed by atoms with Gasteiger partial charge in [0.25, 0.3) is 5.91 Å². The molecule has 0 aromatic carbocycles. The molecule has 0 radical (unpaired) electrons. The van der Waals surface area contributed by atoms with Crippen molar-refractivity contribution in [3.8, 4) is 17.3 Å². The van der Waals surface area contributed by atoms with Crippen molar-refractivity contribution in [2.75, 3.05) is 13.7 Å². The van der Waals surface area contributed by atoms with E-state index in [0.29, 0.717) is 55.2 Å². The Morgan fingerprint density at radius 1 is 1.21 bits per heavy atom. The Hall–Kier alpha value is -3.08. The molecule has 2 aromatic rings. The Kier molecular flexibility index (Phi) is 5.75. The predicted octanol–water partition coefficient (Wildman–Crippen LogP) is 1.98. The van der Waals surface area contributed by atoms with Crippen LogP contribution in [0.2, 0.25) is 0 Å². The Bertz CT molecular complexity index is 1070. The summed E-state index contributed by atoms with van der Waals surface area (Å²) in [6, 6.07) is 3.23. The zero-order chi connectivity index (χ0) is 23.9. The average molecular weight is 473 g/mol. The molecular weight excluding hydrogens is 443 g/mol. The highest BCUT2D eigenvalue weighted by Gasteiger charge is 2.55. The lowest BCUT2D eigenvalue weighted by atomic mass is 9.86. The van der Waals surface area contributed by atoms with E-state index in [0.717, 1.165) is 12.8 Å². The van der Waals surface area contributed by atoms with Crippen LogP contribution in [0.15, 0.2) is 18.5 Å². The smallest absolute Gasteiger partial charge is 0.274 e. The maximum Gasteiger partial charge on any atom is 0.274 e. The summed E-state index contributed by atoms with van der Waals surface area (Å²) in [6.45, 7) is 0.481. The van der Waals surface area contributed by atoms with Crippen molar-refractivity contribution in [1.29, 1.82) is 0 Å². The molecule has 2 aromatic heterocycles. The molecule has 1 spiro atoms. The molecule has 3 N–H and O–H groups in total. The highest BCUT2D eigenvalue weighted by atomic mass is 19.2. The van der Waals surface area contributed by atoms with Crippen LogP contribution < -0.4 is 10.1 Å². The van der Waals surface area contributed by atoms with Crippen molar-refractivity contribution >= 4 is 11.8 Å². The summed E-state index contributed by atoms with van der Waals surface area (Å²) in [5, 5.41) is 19.6. The molecule has 1 atom stereocenters. The maximum absolute atomic E-state index is 13.6. The number of nitrogens with one attached hydrogen (secondary N) is 2. The second-order valence-electron chi connectivity index (χ2n) is 9.68. The van der Waals surface area contributed by atoms with E-state index in [1.165, 1.54) is 13.4 Å². The van der Waals surface area contributed by atoms with Gasteiger partial charge < -0.3 is 20.1 Å². The number of nitrogens with zero attached hydrogens (tertiary/aromatic N) is 4. The molecule has 2 saturated carbocycles. The number of likely N-dealkylation sites (tertiary alicyclic amines) is 1. The minimum atomic E-state index is -2.11. The van der Waals surface area contributed by atoms with E-state index in [-0.39, 0.29) is 42.2 Å². The first-order valence-electron chi connectivity index (χ1n) is 11.7. The van der Waals surface area contributed by atoms with Crippen LogP contribution in [0.4, 0.5) is 4.39 Å². The van der Waals surface area contributed by atoms with Gasteiger partial charge in [-0.1, -0.05) is 0 Å². The maximum atomic E-state index is 13.6. The number of alkyl halides is 1. The average Bonchev–Trinajstić information content (AvgIpc) is 3.40. The van der Waals surface area contributed by atoms with Gasteiger partial charge in [-0.3, -0.25) is 14.7 Å². The second kappa shape index (κ2) is 8.61. The summed E-state index contributed by atoms with van der Waals surface area (Å²) in [5.41, 5.74) is 1.17. The van der Waals surface area contributed by atoms with Gasteiger partial charge in [-0.2, -0.15) is 5.10 Å². The number of aromatic amines is 1. The van der Waals surface area contributed by atoms with E-state index in [2.05, 4.69) is 25.5 Å². The predicted molar refractivity (Wildman–Crippen MR) is 118 cm³/mol. The SMILES string of the molecule is COc1cc(-c2cc(C(=O)N3CC[C@H](C(=O)N[C@H]4CC[C@@](O)(F)CC4)CC34CC4)n[nH]2)ncn1. The first-order valence-corrected chi connectivity index (χ1v) is 11.7. The molecule has 1 saturated heterocycles. The van der Waals surface area contributed by atoms with E-state index in [1.54, 1.807) is 12.1 Å². The molecule has 2 amide bonds. The number of amides is 2. The standard InChI is InChI=1S/C23H29FN6O4/c1-34-19-11-16(25-13-26-19)17-10-18(29-28-17)21(32)30-9-4-14(12-22(30)7-8-22)20(31)27-15-2-5-23(24,33)6-3-15/h10-11,13-15,33H,2-9,12H2,1H3,(H,27,31)(H,28,29)/t14-,15-,23-/m0/s1. The lowest BCUT2D eigenvalue weighted by molar-refractivity contribution is -0.133. The quantitative estimate of drug-likeness (QED) is 0.606. The van der Waals surface area contributed by atoms with Gasteiger partial charge >= 0.3 is 0 Å². The summed E-state index contributed by atoms with van der Waals surface area (Å²) in [4.78, 5) is 36.2. The molecule has 3 heterocycles. The molecule has 10 nitrogen and oxygen atoms in total. The van der Waals surface area contributed by atoms with Gasteiger partial charge in [0.1, 0.15) is 6.33 Å². The van der Waals surface area contributed by atoms with Gasteiger partial charge in [-0.25, -0.2) is 14.4 Å². The number of hydrogen-bond donors (Lipinski definition) is 3. The Labute approximate surface area is 196 Å². The van der Waals surface area contributed by atoms with E-state index in [9.17, 15) is 19.1 Å². The van der Waals surface area contributed by atoms with Gasteiger partial charge in [0.2, 0.25) is 17.6 Å². The van der Waals surface area contributed by atoms with Gasteiger partial charge in [0.05, 0.1) is 18.5 Å². The van der Waals surface area contributed by atoms with Crippen LogP contribution in [0.3, 0.4) is 0 Å². The van der Waals surface area contributed by atoms with E-state index >= 15 is 0 Å². The number of hydrogen-bond acceptors (Lipinski definition) is 7. The number of ether oxygens (including phenoxy) is 1. The number of methoxy groups -OCH3 is 1. The van der Waals surface area contributed by atoms with Gasteiger partial charge in [0.15, 0.2) is 5.69 Å². The topological polar surface area (TPSA) is 133 Å². The van der Waals surface area contributed by atoms with Gasteiger partial charge in [-0.15, -0.1) is 0 Å². The van der Waals surface area contributed by atoms with E-state index < -0.39 is 5.85 Å². The molecule has 3 fully saturated rings. The molecular formula is C23H29FN6O4. The number of carbonyl (C=O) groups excluding carboxylic acids is 2. The molecule has 11 heteroatoms. The van der Waals surface area contributed by atoms with Crippen molar-refractivity contribution < 1.29 is 23.8 Å². The van der Waals surface area contributed by atoms with Crippen molar-refractivity contribution in [1.82, 2.24) is 30.4 Å². The van der Waals surface area contributed by atoms with Crippen molar-refractivity contribution in [3.63, 3.8) is 0 Å². The van der Waals surface area contributed by atoms with Gasteiger partial charge in [0, 0.05) is 43.0 Å². The molecule has 1 aliphatic heterocycles. The highest BCUT2D eigenvalue weighted by Crippen LogP contribution is 2.50. The number of carbonyl (C=O) groups is 2. The number of halogens is 1. The number of rotatable bonds is 5. The lowest BCUT2D eigenvalue weighted by Crippen LogP contribution is -2.52. The lowest BCUT2D eigenvalue weighted by Gasteiger charge is -2.40. The Morgan fingerprint density at radius 3 is 2.68 bits per heavy atom. The Morgan fingerprint density at radius 2 is 1.97 bits per heavy atom. The highest BCUT2D eigenvalue weighted by molar-refractivity contribution is 5.94. The Balaban J connectivity index is 1.22.